The van der Waals surface area contributed by atoms with E-state index in [2.05, 4.69) is 20.8 Å². The van der Waals surface area contributed by atoms with Crippen LogP contribution in [0.15, 0.2) is 18.2 Å². The van der Waals surface area contributed by atoms with Crippen LogP contribution in [0.2, 0.25) is 0 Å². The van der Waals surface area contributed by atoms with Crippen molar-refractivity contribution in [3.05, 3.63) is 29.3 Å². The van der Waals surface area contributed by atoms with Crippen LogP contribution in [0.3, 0.4) is 0 Å². The molecule has 104 valence electrons. The smallest absolute Gasteiger partial charge is 0.171 e. The first-order valence-electron chi connectivity index (χ1n) is 6.68. The molecule has 0 radical (unpaired) electrons. The molecule has 0 unspecified atom stereocenters. The zero-order valence-electron chi connectivity index (χ0n) is 12.1. The molecule has 1 aliphatic carbocycles. The number of carbonyl (C=O) groups excluding carboxylic acids is 1. The average molecular weight is 262 g/mol. The summed E-state index contributed by atoms with van der Waals surface area (Å²) in [6.45, 7) is 6.23. The average Bonchev–Trinajstić information content (AvgIpc) is 3.17. The minimum Gasteiger partial charge on any atom is -0.496 e. The lowest BCUT2D eigenvalue weighted by molar-refractivity contribution is 0.0829. The molecule has 1 aliphatic rings. The Morgan fingerprint density at radius 1 is 1.37 bits per heavy atom. The third-order valence-electron chi connectivity index (χ3n) is 3.91. The number of ketones is 1. The van der Waals surface area contributed by atoms with E-state index < -0.39 is 5.41 Å². The Morgan fingerprint density at radius 3 is 2.42 bits per heavy atom. The second kappa shape index (κ2) is 4.64. The summed E-state index contributed by atoms with van der Waals surface area (Å²) in [5, 5.41) is 9.37. The molecule has 0 atom stereocenters. The van der Waals surface area contributed by atoms with E-state index in [4.69, 9.17) is 4.74 Å². The predicted molar refractivity (Wildman–Crippen MR) is 74.8 cm³/mol. The van der Waals surface area contributed by atoms with E-state index >= 15 is 0 Å². The summed E-state index contributed by atoms with van der Waals surface area (Å²) in [4.78, 5) is 12.4. The zero-order chi connectivity index (χ0) is 14.3. The molecular formula is C16H22O3. The van der Waals surface area contributed by atoms with Gasteiger partial charge in [-0.15, -0.1) is 0 Å². The molecule has 1 aromatic rings. The highest BCUT2D eigenvalue weighted by Crippen LogP contribution is 2.48. The van der Waals surface area contributed by atoms with E-state index in [1.807, 2.05) is 12.1 Å². The van der Waals surface area contributed by atoms with Crippen molar-refractivity contribution in [2.75, 3.05) is 13.7 Å². The van der Waals surface area contributed by atoms with Gasteiger partial charge in [-0.1, -0.05) is 20.8 Å². The summed E-state index contributed by atoms with van der Waals surface area (Å²) in [6, 6.07) is 5.56. The third kappa shape index (κ3) is 2.52. The van der Waals surface area contributed by atoms with Crippen LogP contribution in [0.1, 0.15) is 49.5 Å². The summed E-state index contributed by atoms with van der Waals surface area (Å²) in [5.74, 6) is 0.862. The molecule has 0 saturated heterocycles. The van der Waals surface area contributed by atoms with Crippen molar-refractivity contribution in [1.82, 2.24) is 0 Å². The lowest BCUT2D eigenvalue weighted by Gasteiger charge is -2.23. The van der Waals surface area contributed by atoms with E-state index in [0.29, 0.717) is 5.56 Å². The standard InChI is InChI=1S/C16H22O3/c1-15(2,3)12-9-11(5-6-13(12)19-4)14(18)16(10-17)7-8-16/h5-6,9,17H,7-8,10H2,1-4H3. The lowest BCUT2D eigenvalue weighted by atomic mass is 9.83. The molecule has 3 nitrogen and oxygen atoms in total. The molecule has 2 rings (SSSR count). The summed E-state index contributed by atoms with van der Waals surface area (Å²) < 4.78 is 5.37. The Kier molecular flexibility index (Phi) is 3.43. The first kappa shape index (κ1) is 14.1. The van der Waals surface area contributed by atoms with Crippen molar-refractivity contribution in [2.24, 2.45) is 5.41 Å². The van der Waals surface area contributed by atoms with Gasteiger partial charge in [0.1, 0.15) is 5.75 Å². The highest BCUT2D eigenvalue weighted by molar-refractivity contribution is 6.02. The van der Waals surface area contributed by atoms with Gasteiger partial charge in [-0.25, -0.2) is 0 Å². The van der Waals surface area contributed by atoms with Gasteiger partial charge in [-0.05, 0) is 36.5 Å². The Bertz CT molecular complexity index is 493. The monoisotopic (exact) mass is 262 g/mol. The topological polar surface area (TPSA) is 46.5 Å². The lowest BCUT2D eigenvalue weighted by Crippen LogP contribution is -2.21. The van der Waals surface area contributed by atoms with Gasteiger partial charge in [0.25, 0.3) is 0 Å². The Balaban J connectivity index is 2.41. The molecule has 0 heterocycles. The third-order valence-corrected chi connectivity index (χ3v) is 3.91. The maximum absolute atomic E-state index is 12.4. The molecule has 3 heteroatoms. The molecule has 0 aliphatic heterocycles. The van der Waals surface area contributed by atoms with Crippen molar-refractivity contribution in [3.63, 3.8) is 0 Å². The van der Waals surface area contributed by atoms with Gasteiger partial charge in [0, 0.05) is 11.1 Å². The molecule has 0 spiro atoms. The van der Waals surface area contributed by atoms with Gasteiger partial charge in [-0.3, -0.25) is 4.79 Å². The fourth-order valence-corrected chi connectivity index (χ4v) is 2.35. The summed E-state index contributed by atoms with van der Waals surface area (Å²) >= 11 is 0. The Labute approximate surface area is 114 Å². The Hall–Kier alpha value is -1.35. The highest BCUT2D eigenvalue weighted by Gasteiger charge is 2.49. The van der Waals surface area contributed by atoms with Gasteiger partial charge >= 0.3 is 0 Å². The Morgan fingerprint density at radius 2 is 2.00 bits per heavy atom. The number of aliphatic hydroxyl groups is 1. The normalized spacial score (nSPS) is 17.1. The largest absolute Gasteiger partial charge is 0.496 e. The van der Waals surface area contributed by atoms with E-state index in [0.717, 1.165) is 24.2 Å². The SMILES string of the molecule is COc1ccc(C(=O)C2(CO)CC2)cc1C(C)(C)C. The molecule has 1 saturated carbocycles. The van der Waals surface area contributed by atoms with Gasteiger partial charge in [0.15, 0.2) is 5.78 Å². The minimum atomic E-state index is -0.510. The molecule has 1 N–H and O–H groups in total. The van der Waals surface area contributed by atoms with Gasteiger partial charge in [0.2, 0.25) is 0 Å². The second-order valence-corrected chi connectivity index (χ2v) is 6.43. The van der Waals surface area contributed by atoms with Crippen molar-refractivity contribution in [3.8, 4) is 5.75 Å². The van der Waals surface area contributed by atoms with Crippen LogP contribution in [0, 0.1) is 5.41 Å². The molecule has 1 fully saturated rings. The quantitative estimate of drug-likeness (QED) is 0.849. The van der Waals surface area contributed by atoms with Gasteiger partial charge < -0.3 is 9.84 Å². The summed E-state index contributed by atoms with van der Waals surface area (Å²) in [7, 11) is 1.64. The van der Waals surface area contributed by atoms with E-state index in [1.165, 1.54) is 0 Å². The number of rotatable bonds is 4. The maximum Gasteiger partial charge on any atom is 0.171 e. The number of aliphatic hydroxyl groups excluding tert-OH is 1. The van der Waals surface area contributed by atoms with E-state index in [-0.39, 0.29) is 17.8 Å². The molecule has 1 aromatic carbocycles. The van der Waals surface area contributed by atoms with Crippen LogP contribution in [0.25, 0.3) is 0 Å². The second-order valence-electron chi connectivity index (χ2n) is 6.43. The van der Waals surface area contributed by atoms with Crippen LogP contribution >= 0.6 is 0 Å². The van der Waals surface area contributed by atoms with Crippen molar-refractivity contribution in [1.29, 1.82) is 0 Å². The molecule has 19 heavy (non-hydrogen) atoms. The van der Waals surface area contributed by atoms with Gasteiger partial charge in [-0.2, -0.15) is 0 Å². The van der Waals surface area contributed by atoms with E-state index in [9.17, 15) is 9.90 Å². The van der Waals surface area contributed by atoms with Crippen LogP contribution < -0.4 is 4.74 Å². The first-order valence-corrected chi connectivity index (χ1v) is 6.68. The fraction of sp³-hybridized carbons (Fsp3) is 0.562. The van der Waals surface area contributed by atoms with Crippen molar-refractivity contribution >= 4 is 5.78 Å². The molecule has 0 amide bonds. The number of hydrogen-bond donors (Lipinski definition) is 1. The van der Waals surface area contributed by atoms with Crippen LogP contribution in [0.4, 0.5) is 0 Å². The van der Waals surface area contributed by atoms with Gasteiger partial charge in [0.05, 0.1) is 19.1 Å². The van der Waals surface area contributed by atoms with Crippen LogP contribution in [0.5, 0.6) is 5.75 Å². The number of benzene rings is 1. The first-order chi connectivity index (χ1) is 8.84. The highest BCUT2D eigenvalue weighted by atomic mass is 16.5. The van der Waals surface area contributed by atoms with Crippen LogP contribution in [-0.2, 0) is 5.41 Å². The van der Waals surface area contributed by atoms with Crippen molar-refractivity contribution in [2.45, 2.75) is 39.0 Å². The number of ether oxygens (including phenoxy) is 1. The number of hydrogen-bond acceptors (Lipinski definition) is 3. The van der Waals surface area contributed by atoms with Crippen LogP contribution in [-0.4, -0.2) is 24.6 Å². The summed E-state index contributed by atoms with van der Waals surface area (Å²) in [6.07, 6.45) is 1.58. The predicted octanol–water partition coefficient (Wildman–Crippen LogP) is 2.95. The summed E-state index contributed by atoms with van der Waals surface area (Å²) in [5.41, 5.74) is 1.10. The maximum atomic E-state index is 12.4. The minimum absolute atomic E-state index is 0.0529. The number of methoxy groups -OCH3 is 1. The molecule has 0 bridgehead atoms. The van der Waals surface area contributed by atoms with Crippen molar-refractivity contribution < 1.29 is 14.6 Å². The zero-order valence-corrected chi connectivity index (χ0v) is 12.1. The fourth-order valence-electron chi connectivity index (χ4n) is 2.35. The number of carbonyl (C=O) groups is 1. The van der Waals surface area contributed by atoms with E-state index in [1.54, 1.807) is 13.2 Å². The number of Topliss-reactive ketones (excluding diaryl/α,β-unsaturated/α-hetero) is 1. The molecular weight excluding hydrogens is 240 g/mol. The molecule has 0 aromatic heterocycles.